The summed E-state index contributed by atoms with van der Waals surface area (Å²) in [6, 6.07) is 7.80. The molecule has 140 valence electrons. The fourth-order valence-electron chi connectivity index (χ4n) is 2.06. The zero-order chi connectivity index (χ0) is 19.4. The molecule has 0 radical (unpaired) electrons. The molecular formula is C15H15N7O3S2. The number of nitrogens with one attached hydrogen (secondary N) is 1. The Morgan fingerprint density at radius 1 is 1.48 bits per heavy atom. The number of thioether (sulfide) groups is 1. The lowest BCUT2D eigenvalue weighted by atomic mass is 10.3. The van der Waals surface area contributed by atoms with E-state index in [1.165, 1.54) is 34.1 Å². The van der Waals surface area contributed by atoms with Gasteiger partial charge in [-0.2, -0.15) is 9.78 Å². The van der Waals surface area contributed by atoms with Crippen molar-refractivity contribution < 1.29 is 9.72 Å². The molecule has 0 aliphatic heterocycles. The number of hydrazone groups is 1. The van der Waals surface area contributed by atoms with Crippen LogP contribution in [-0.2, 0) is 11.3 Å². The number of nitro groups is 1. The number of benzene rings is 1. The third-order valence-electron chi connectivity index (χ3n) is 3.36. The van der Waals surface area contributed by atoms with Gasteiger partial charge in [-0.05, 0) is 30.9 Å². The molecule has 0 fully saturated rings. The van der Waals surface area contributed by atoms with Gasteiger partial charge in [0.1, 0.15) is 0 Å². The monoisotopic (exact) mass is 405 g/mol. The van der Waals surface area contributed by atoms with E-state index in [-0.39, 0.29) is 17.7 Å². The van der Waals surface area contributed by atoms with Crippen LogP contribution in [0.15, 0.2) is 40.0 Å². The van der Waals surface area contributed by atoms with E-state index >= 15 is 0 Å². The van der Waals surface area contributed by atoms with E-state index in [1.54, 1.807) is 13.8 Å². The number of fused-ring (bicyclic) bond motifs is 1. The van der Waals surface area contributed by atoms with Gasteiger partial charge in [-0.25, -0.2) is 10.4 Å². The standard InChI is InChI=1S/C15H15N7O3S2/c1-9(7-21-8-16-14(20-21)22(24)25)18-19-13(23)10(2)26-15-17-11-5-3-4-6-12(11)27-15/h3-6,8,10H,7H2,1-2H3,(H,19,23)/b18-9-/t10-/m1/s1. The van der Waals surface area contributed by atoms with Crippen LogP contribution in [0.25, 0.3) is 10.2 Å². The topological polar surface area (TPSA) is 128 Å². The summed E-state index contributed by atoms with van der Waals surface area (Å²) < 4.78 is 3.17. The van der Waals surface area contributed by atoms with Gasteiger partial charge < -0.3 is 10.1 Å². The van der Waals surface area contributed by atoms with Gasteiger partial charge in [0.2, 0.25) is 6.33 Å². The largest absolute Gasteiger partial charge is 0.490 e. The third kappa shape index (κ3) is 4.86. The van der Waals surface area contributed by atoms with Gasteiger partial charge in [-0.1, -0.05) is 28.9 Å². The molecule has 1 amide bonds. The lowest BCUT2D eigenvalue weighted by Gasteiger charge is -2.07. The van der Waals surface area contributed by atoms with Crippen molar-refractivity contribution in [3.05, 3.63) is 40.7 Å². The minimum absolute atomic E-state index is 0.181. The fraction of sp³-hybridized carbons (Fsp3) is 0.267. The first-order chi connectivity index (χ1) is 12.9. The molecule has 1 aromatic carbocycles. The number of para-hydroxylation sites is 1. The molecular weight excluding hydrogens is 390 g/mol. The Kier molecular flexibility index (Phi) is 5.76. The average Bonchev–Trinajstić information content (AvgIpc) is 3.25. The third-order valence-corrected chi connectivity index (χ3v) is 5.59. The van der Waals surface area contributed by atoms with Crippen molar-refractivity contribution >= 4 is 50.9 Å². The zero-order valence-electron chi connectivity index (χ0n) is 14.4. The highest BCUT2D eigenvalue weighted by Crippen LogP contribution is 2.31. The maximum absolute atomic E-state index is 12.2. The average molecular weight is 405 g/mol. The van der Waals surface area contributed by atoms with Crippen LogP contribution in [0.4, 0.5) is 5.95 Å². The Morgan fingerprint density at radius 2 is 2.26 bits per heavy atom. The Bertz CT molecular complexity index is 981. The van der Waals surface area contributed by atoms with Crippen molar-refractivity contribution in [1.82, 2.24) is 25.2 Å². The number of rotatable bonds is 7. The molecule has 0 unspecified atom stereocenters. The quantitative estimate of drug-likeness (QED) is 0.277. The van der Waals surface area contributed by atoms with Gasteiger partial charge in [-0.3, -0.25) is 4.79 Å². The number of hydrogen-bond donors (Lipinski definition) is 1. The number of thiazole rings is 1. The summed E-state index contributed by atoms with van der Waals surface area (Å²) in [5, 5.41) is 17.9. The Balaban J connectivity index is 1.55. The van der Waals surface area contributed by atoms with Crippen LogP contribution in [0.5, 0.6) is 0 Å². The minimum Gasteiger partial charge on any atom is -0.390 e. The molecule has 10 nitrogen and oxygen atoms in total. The van der Waals surface area contributed by atoms with E-state index in [0.717, 1.165) is 14.6 Å². The summed E-state index contributed by atoms with van der Waals surface area (Å²) in [7, 11) is 0. The highest BCUT2D eigenvalue weighted by atomic mass is 32.2. The maximum atomic E-state index is 12.2. The number of aromatic nitrogens is 4. The smallest absolute Gasteiger partial charge is 0.390 e. The second-order valence-corrected chi connectivity index (χ2v) is 8.15. The van der Waals surface area contributed by atoms with Crippen LogP contribution in [0.1, 0.15) is 13.8 Å². The molecule has 3 aromatic rings. The molecule has 12 heteroatoms. The van der Waals surface area contributed by atoms with Crippen molar-refractivity contribution in [2.75, 3.05) is 0 Å². The maximum Gasteiger partial charge on any atom is 0.490 e. The summed E-state index contributed by atoms with van der Waals surface area (Å²) in [5.41, 5.74) is 3.93. The summed E-state index contributed by atoms with van der Waals surface area (Å²) in [6.07, 6.45) is 1.24. The molecule has 0 spiro atoms. The molecule has 1 atom stereocenters. The first-order valence-corrected chi connectivity index (χ1v) is 9.51. The molecule has 27 heavy (non-hydrogen) atoms. The van der Waals surface area contributed by atoms with Crippen LogP contribution >= 0.6 is 23.1 Å². The summed E-state index contributed by atoms with van der Waals surface area (Å²) in [5.74, 6) is -0.740. The van der Waals surface area contributed by atoms with E-state index in [0.29, 0.717) is 5.71 Å². The number of amides is 1. The Morgan fingerprint density at radius 3 is 2.96 bits per heavy atom. The number of nitrogens with zero attached hydrogens (tertiary/aromatic N) is 6. The van der Waals surface area contributed by atoms with Crippen molar-refractivity contribution in [3.8, 4) is 0 Å². The normalized spacial score (nSPS) is 12.9. The molecule has 0 aliphatic rings. The van der Waals surface area contributed by atoms with E-state index in [2.05, 4.69) is 25.6 Å². The number of carbonyl (C=O) groups is 1. The van der Waals surface area contributed by atoms with Gasteiger partial charge in [0.15, 0.2) is 4.34 Å². The lowest BCUT2D eigenvalue weighted by Crippen LogP contribution is -2.28. The van der Waals surface area contributed by atoms with Crippen LogP contribution in [0.3, 0.4) is 0 Å². The van der Waals surface area contributed by atoms with Crippen LogP contribution in [0.2, 0.25) is 0 Å². The predicted octanol–water partition coefficient (Wildman–Crippen LogP) is 2.47. The molecule has 1 N–H and O–H groups in total. The first-order valence-electron chi connectivity index (χ1n) is 7.81. The molecule has 0 saturated heterocycles. The zero-order valence-corrected chi connectivity index (χ0v) is 16.0. The second-order valence-electron chi connectivity index (χ2n) is 5.53. The molecule has 0 saturated carbocycles. The van der Waals surface area contributed by atoms with Gasteiger partial charge in [-0.15, -0.1) is 11.3 Å². The summed E-state index contributed by atoms with van der Waals surface area (Å²) in [6.45, 7) is 3.64. The minimum atomic E-state index is -0.675. The first kappa shape index (κ1) is 18.9. The van der Waals surface area contributed by atoms with Crippen molar-refractivity contribution in [3.63, 3.8) is 0 Å². The van der Waals surface area contributed by atoms with E-state index in [1.807, 2.05) is 24.3 Å². The van der Waals surface area contributed by atoms with Crippen molar-refractivity contribution in [1.29, 1.82) is 0 Å². The molecule has 2 aromatic heterocycles. The van der Waals surface area contributed by atoms with Gasteiger partial charge >= 0.3 is 5.95 Å². The molecule has 0 aliphatic carbocycles. The van der Waals surface area contributed by atoms with Crippen LogP contribution < -0.4 is 5.43 Å². The highest BCUT2D eigenvalue weighted by Gasteiger charge is 2.17. The SMILES string of the molecule is C/C(Cn1cnc([N+](=O)[O-])n1)=N/NC(=O)[C@@H](C)Sc1nc2ccccc2s1. The predicted molar refractivity (Wildman–Crippen MR) is 103 cm³/mol. The van der Waals surface area contributed by atoms with E-state index in [4.69, 9.17) is 0 Å². The second kappa shape index (κ2) is 8.22. The molecule has 3 rings (SSSR count). The number of hydrogen-bond acceptors (Lipinski definition) is 9. The molecule has 2 heterocycles. The van der Waals surface area contributed by atoms with Gasteiger partial charge in [0.05, 0.1) is 27.7 Å². The van der Waals surface area contributed by atoms with Gasteiger partial charge in [0, 0.05) is 5.10 Å². The molecule has 0 bridgehead atoms. The van der Waals surface area contributed by atoms with E-state index < -0.39 is 10.9 Å². The Labute approximate surface area is 161 Å². The lowest BCUT2D eigenvalue weighted by molar-refractivity contribution is -0.394. The van der Waals surface area contributed by atoms with Crippen molar-refractivity contribution in [2.45, 2.75) is 30.0 Å². The van der Waals surface area contributed by atoms with Crippen LogP contribution in [-0.4, -0.2) is 41.5 Å². The van der Waals surface area contributed by atoms with E-state index in [9.17, 15) is 14.9 Å². The fourth-order valence-corrected chi connectivity index (χ4v) is 4.27. The van der Waals surface area contributed by atoms with Gasteiger partial charge in [0.25, 0.3) is 5.91 Å². The Hall–Kier alpha value is -2.86. The summed E-state index contributed by atoms with van der Waals surface area (Å²) in [4.78, 5) is 30.2. The van der Waals surface area contributed by atoms with Crippen molar-refractivity contribution in [2.24, 2.45) is 5.10 Å². The highest BCUT2D eigenvalue weighted by molar-refractivity contribution is 8.02. The number of carbonyl (C=O) groups excluding carboxylic acids is 1. The summed E-state index contributed by atoms with van der Waals surface area (Å²) >= 11 is 2.90. The van der Waals surface area contributed by atoms with Crippen LogP contribution in [0, 0.1) is 10.1 Å².